The van der Waals surface area contributed by atoms with Crippen molar-refractivity contribution in [2.24, 2.45) is 0 Å². The van der Waals surface area contributed by atoms with Crippen molar-refractivity contribution in [3.8, 4) is 5.75 Å². The number of amides is 1. The molecule has 0 fully saturated rings. The maximum absolute atomic E-state index is 12.1. The van der Waals surface area contributed by atoms with E-state index in [-0.39, 0.29) is 5.75 Å². The Morgan fingerprint density at radius 3 is 2.67 bits per heavy atom. The zero-order valence-corrected chi connectivity index (χ0v) is 12.3. The lowest BCUT2D eigenvalue weighted by atomic mass is 10.1. The van der Waals surface area contributed by atoms with Crippen LogP contribution in [0.1, 0.15) is 15.9 Å². The van der Waals surface area contributed by atoms with Gasteiger partial charge in [-0.1, -0.05) is 18.2 Å². The zero-order valence-electron chi connectivity index (χ0n) is 12.3. The number of nitrogens with zero attached hydrogens (tertiary/aromatic N) is 2. The fourth-order valence-corrected chi connectivity index (χ4v) is 2.32. The normalized spacial score (nSPS) is 11.0. The van der Waals surface area contributed by atoms with Crippen LogP contribution in [0.15, 0.2) is 48.7 Å². The van der Waals surface area contributed by atoms with E-state index in [4.69, 9.17) is 5.21 Å². The van der Waals surface area contributed by atoms with Crippen molar-refractivity contribution in [3.63, 3.8) is 0 Å². The molecule has 1 aromatic heterocycles. The van der Waals surface area contributed by atoms with Gasteiger partial charge in [0, 0.05) is 17.1 Å². The van der Waals surface area contributed by atoms with Gasteiger partial charge in [-0.25, -0.2) is 5.48 Å². The lowest BCUT2D eigenvalue weighted by molar-refractivity contribution is -0.0498. The molecule has 24 heavy (non-hydrogen) atoms. The summed E-state index contributed by atoms with van der Waals surface area (Å²) < 4.78 is 30.2. The summed E-state index contributed by atoms with van der Waals surface area (Å²) >= 11 is 0. The van der Waals surface area contributed by atoms with E-state index in [1.165, 1.54) is 12.1 Å². The summed E-state index contributed by atoms with van der Waals surface area (Å²) in [5.41, 5.74) is 3.33. The third kappa shape index (κ3) is 3.49. The summed E-state index contributed by atoms with van der Waals surface area (Å²) in [7, 11) is 0. The molecular weight excluding hydrogens is 320 g/mol. The molecule has 0 spiro atoms. The molecule has 1 heterocycles. The molecule has 8 heteroatoms. The Labute approximate surface area is 135 Å². The fourth-order valence-electron chi connectivity index (χ4n) is 2.32. The topological polar surface area (TPSA) is 76.4 Å². The first-order chi connectivity index (χ1) is 11.5. The summed E-state index contributed by atoms with van der Waals surface area (Å²) in [6, 6.07) is 11.2. The Morgan fingerprint density at radius 2 is 2.00 bits per heavy atom. The first-order valence-electron chi connectivity index (χ1n) is 7.00. The zero-order chi connectivity index (χ0) is 17.1. The molecular formula is C16H13F2N3O3. The molecule has 0 aliphatic heterocycles. The minimum absolute atomic E-state index is 0.0963. The van der Waals surface area contributed by atoms with Crippen molar-refractivity contribution in [3.05, 3.63) is 59.8 Å². The summed E-state index contributed by atoms with van der Waals surface area (Å²) in [6.07, 6.45) is 1.81. The summed E-state index contributed by atoms with van der Waals surface area (Å²) in [4.78, 5) is 11.4. The third-order valence-corrected chi connectivity index (χ3v) is 3.41. The first kappa shape index (κ1) is 15.9. The largest absolute Gasteiger partial charge is 0.435 e. The van der Waals surface area contributed by atoms with Crippen LogP contribution in [0.25, 0.3) is 10.9 Å². The van der Waals surface area contributed by atoms with Crippen LogP contribution in [-0.4, -0.2) is 27.5 Å². The molecule has 0 aliphatic rings. The standard InChI is InChI=1S/C16H13F2N3O3/c17-16(18)24-13-5-1-10(2-6-13)8-21-9-12-4-3-11(15(22)20-23)7-14(12)19-21/h1-7,9,16,23H,8H2,(H,20,22). The molecule has 0 radical (unpaired) electrons. The number of alkyl halides is 2. The molecule has 0 saturated heterocycles. The smallest absolute Gasteiger partial charge is 0.387 e. The van der Waals surface area contributed by atoms with Gasteiger partial charge in [0.2, 0.25) is 0 Å². The highest BCUT2D eigenvalue weighted by molar-refractivity contribution is 5.97. The van der Waals surface area contributed by atoms with Gasteiger partial charge in [0.05, 0.1) is 12.1 Å². The Kier molecular flexibility index (Phi) is 4.39. The Morgan fingerprint density at radius 1 is 1.25 bits per heavy atom. The van der Waals surface area contributed by atoms with Gasteiger partial charge < -0.3 is 4.74 Å². The van der Waals surface area contributed by atoms with Crippen LogP contribution in [0.2, 0.25) is 0 Å². The van der Waals surface area contributed by atoms with Crippen molar-refractivity contribution < 1.29 is 23.5 Å². The molecule has 6 nitrogen and oxygen atoms in total. The number of benzene rings is 2. The van der Waals surface area contributed by atoms with E-state index in [0.717, 1.165) is 10.9 Å². The average Bonchev–Trinajstić information content (AvgIpc) is 2.96. The van der Waals surface area contributed by atoms with Crippen LogP contribution in [0, 0.1) is 0 Å². The highest BCUT2D eigenvalue weighted by Crippen LogP contribution is 2.18. The van der Waals surface area contributed by atoms with E-state index >= 15 is 0 Å². The molecule has 0 unspecified atom stereocenters. The van der Waals surface area contributed by atoms with Crippen molar-refractivity contribution in [2.45, 2.75) is 13.2 Å². The maximum atomic E-state index is 12.1. The number of hydrogen-bond acceptors (Lipinski definition) is 4. The predicted octanol–water partition coefficient (Wildman–Crippen LogP) is 2.81. The number of nitrogens with one attached hydrogen (secondary N) is 1. The van der Waals surface area contributed by atoms with Crippen LogP contribution in [-0.2, 0) is 6.54 Å². The molecule has 0 bridgehead atoms. The SMILES string of the molecule is O=C(NO)c1ccc2cn(Cc3ccc(OC(F)F)cc3)nc2c1. The first-order valence-corrected chi connectivity index (χ1v) is 7.00. The average molecular weight is 333 g/mol. The van der Waals surface area contributed by atoms with Crippen LogP contribution in [0.3, 0.4) is 0 Å². The molecule has 2 aromatic carbocycles. The molecule has 0 aliphatic carbocycles. The fraction of sp³-hybridized carbons (Fsp3) is 0.125. The molecule has 1 amide bonds. The second-order valence-corrected chi connectivity index (χ2v) is 5.06. The molecule has 0 saturated carbocycles. The van der Waals surface area contributed by atoms with Gasteiger partial charge in [-0.2, -0.15) is 13.9 Å². The van der Waals surface area contributed by atoms with Gasteiger partial charge in [0.25, 0.3) is 5.91 Å². The van der Waals surface area contributed by atoms with E-state index < -0.39 is 12.5 Å². The maximum Gasteiger partial charge on any atom is 0.387 e. The number of hydroxylamine groups is 1. The predicted molar refractivity (Wildman–Crippen MR) is 81.2 cm³/mol. The van der Waals surface area contributed by atoms with E-state index in [2.05, 4.69) is 9.84 Å². The van der Waals surface area contributed by atoms with Crippen LogP contribution in [0.4, 0.5) is 8.78 Å². The van der Waals surface area contributed by atoms with E-state index in [1.807, 2.05) is 0 Å². The number of carbonyl (C=O) groups excluding carboxylic acids is 1. The lowest BCUT2D eigenvalue weighted by Crippen LogP contribution is -2.18. The van der Waals surface area contributed by atoms with Crippen molar-refractivity contribution in [1.29, 1.82) is 0 Å². The lowest BCUT2D eigenvalue weighted by Gasteiger charge is -2.06. The highest BCUT2D eigenvalue weighted by atomic mass is 19.3. The van der Waals surface area contributed by atoms with Gasteiger partial charge in [-0.05, 0) is 29.8 Å². The minimum Gasteiger partial charge on any atom is -0.435 e. The van der Waals surface area contributed by atoms with Gasteiger partial charge >= 0.3 is 6.61 Å². The van der Waals surface area contributed by atoms with E-state index in [9.17, 15) is 13.6 Å². The highest BCUT2D eigenvalue weighted by Gasteiger charge is 2.08. The van der Waals surface area contributed by atoms with Crippen molar-refractivity contribution >= 4 is 16.8 Å². The Balaban J connectivity index is 1.78. The quantitative estimate of drug-likeness (QED) is 0.556. The molecule has 2 N–H and O–H groups in total. The second-order valence-electron chi connectivity index (χ2n) is 5.06. The van der Waals surface area contributed by atoms with E-state index in [1.54, 1.807) is 46.7 Å². The van der Waals surface area contributed by atoms with Gasteiger partial charge in [-0.15, -0.1) is 0 Å². The van der Waals surface area contributed by atoms with Gasteiger partial charge in [0.15, 0.2) is 0 Å². The van der Waals surface area contributed by atoms with E-state index in [0.29, 0.717) is 17.6 Å². The summed E-state index contributed by atoms with van der Waals surface area (Å²) in [6.45, 7) is -2.41. The number of aromatic nitrogens is 2. The van der Waals surface area contributed by atoms with Crippen LogP contribution < -0.4 is 10.2 Å². The van der Waals surface area contributed by atoms with Crippen molar-refractivity contribution in [1.82, 2.24) is 15.3 Å². The Bertz CT molecular complexity index is 863. The molecule has 3 aromatic rings. The number of ether oxygens (including phenoxy) is 1. The molecule has 3 rings (SSSR count). The van der Waals surface area contributed by atoms with Crippen LogP contribution in [0.5, 0.6) is 5.75 Å². The Hall–Kier alpha value is -3.00. The minimum atomic E-state index is -2.85. The monoisotopic (exact) mass is 333 g/mol. The van der Waals surface area contributed by atoms with Crippen molar-refractivity contribution in [2.75, 3.05) is 0 Å². The van der Waals surface area contributed by atoms with Gasteiger partial charge in [-0.3, -0.25) is 14.7 Å². The number of carbonyl (C=O) groups is 1. The number of rotatable bonds is 5. The van der Waals surface area contributed by atoms with Gasteiger partial charge in [0.1, 0.15) is 5.75 Å². The number of hydrogen-bond donors (Lipinski definition) is 2. The number of halogens is 2. The third-order valence-electron chi connectivity index (χ3n) is 3.41. The van der Waals surface area contributed by atoms with Crippen LogP contribution >= 0.6 is 0 Å². The number of fused-ring (bicyclic) bond motifs is 1. The summed E-state index contributed by atoms with van der Waals surface area (Å²) in [5, 5.41) is 13.9. The molecule has 124 valence electrons. The summed E-state index contributed by atoms with van der Waals surface area (Å²) in [5.74, 6) is -0.514. The molecule has 0 atom stereocenters. The second kappa shape index (κ2) is 6.63.